The van der Waals surface area contributed by atoms with E-state index >= 15 is 0 Å². The van der Waals surface area contributed by atoms with Crippen molar-refractivity contribution in [3.8, 4) is 0 Å². The Morgan fingerprint density at radius 3 is 2.47 bits per heavy atom. The largest absolute Gasteiger partial charge is 0.465 e. The third-order valence-electron chi connectivity index (χ3n) is 2.67. The topological polar surface area (TPSA) is 13.1 Å². The number of benzene rings is 1. The minimum Gasteiger partial charge on any atom is -0.465 e. The molecule has 0 aliphatic carbocycles. The average molecular weight is 314 g/mol. The van der Waals surface area contributed by atoms with E-state index in [0.29, 0.717) is 0 Å². The van der Waals surface area contributed by atoms with Crippen LogP contribution < -0.4 is 0 Å². The molecule has 17 heavy (non-hydrogen) atoms. The molecule has 0 N–H and O–H groups in total. The number of alkyl halides is 1. The van der Waals surface area contributed by atoms with Crippen LogP contribution in [-0.4, -0.2) is 0 Å². The molecule has 0 fully saturated rings. The Kier molecular flexibility index (Phi) is 4.30. The zero-order chi connectivity index (χ0) is 12.3. The second kappa shape index (κ2) is 5.74. The van der Waals surface area contributed by atoms with Gasteiger partial charge in [-0.25, -0.2) is 0 Å². The second-order valence-electron chi connectivity index (χ2n) is 3.96. The highest BCUT2D eigenvalue weighted by Gasteiger charge is 2.12. The van der Waals surface area contributed by atoms with E-state index in [-0.39, 0.29) is 4.83 Å². The quantitative estimate of drug-likeness (QED) is 0.709. The van der Waals surface area contributed by atoms with E-state index < -0.39 is 0 Å². The molecule has 1 aromatic heterocycles. The van der Waals surface area contributed by atoms with Crippen molar-refractivity contribution in [1.29, 1.82) is 0 Å². The maximum Gasteiger partial charge on any atom is 0.118 e. The van der Waals surface area contributed by atoms with E-state index in [0.717, 1.165) is 29.4 Å². The number of halogens is 2. The number of rotatable bonds is 4. The number of furan rings is 1. The summed E-state index contributed by atoms with van der Waals surface area (Å²) < 4.78 is 5.72. The molecular weight excluding hydrogens is 300 g/mol. The fourth-order valence-corrected chi connectivity index (χ4v) is 2.43. The highest BCUT2D eigenvalue weighted by Crippen LogP contribution is 2.29. The predicted octanol–water partition coefficient (Wildman–Crippen LogP) is 5.17. The minimum atomic E-state index is 0.212. The van der Waals surface area contributed by atoms with Crippen molar-refractivity contribution in [2.45, 2.75) is 24.6 Å². The molecule has 1 unspecified atom stereocenters. The molecule has 2 rings (SSSR count). The second-order valence-corrected chi connectivity index (χ2v) is 5.50. The van der Waals surface area contributed by atoms with Gasteiger partial charge in [-0.15, -0.1) is 0 Å². The van der Waals surface area contributed by atoms with E-state index in [9.17, 15) is 0 Å². The average Bonchev–Trinajstić information content (AvgIpc) is 2.81. The Labute approximate surface area is 115 Å². The summed E-state index contributed by atoms with van der Waals surface area (Å²) in [6.07, 6.45) is 1.83. The third kappa shape index (κ3) is 3.36. The van der Waals surface area contributed by atoms with Gasteiger partial charge in [0.2, 0.25) is 0 Å². The van der Waals surface area contributed by atoms with Gasteiger partial charge in [0.25, 0.3) is 0 Å². The van der Waals surface area contributed by atoms with Crippen molar-refractivity contribution in [3.63, 3.8) is 0 Å². The molecule has 0 spiro atoms. The first-order chi connectivity index (χ1) is 8.19. The predicted molar refractivity (Wildman–Crippen MR) is 74.9 cm³/mol. The number of aryl methyl sites for hydroxylation is 1. The van der Waals surface area contributed by atoms with Crippen LogP contribution in [0.1, 0.15) is 28.8 Å². The van der Waals surface area contributed by atoms with Crippen LogP contribution in [0.4, 0.5) is 0 Å². The molecule has 2 aromatic rings. The molecule has 3 heteroatoms. The molecule has 1 nitrogen and oxygen atoms in total. The lowest BCUT2D eigenvalue weighted by Crippen LogP contribution is -1.93. The van der Waals surface area contributed by atoms with Crippen molar-refractivity contribution >= 4 is 27.5 Å². The number of hydrogen-bond acceptors (Lipinski definition) is 1. The van der Waals surface area contributed by atoms with Crippen LogP contribution in [0.3, 0.4) is 0 Å². The summed E-state index contributed by atoms with van der Waals surface area (Å²) in [5.74, 6) is 2.01. The zero-order valence-electron chi connectivity index (χ0n) is 9.62. The van der Waals surface area contributed by atoms with Crippen LogP contribution in [-0.2, 0) is 12.8 Å². The molecule has 0 saturated heterocycles. The third-order valence-corrected chi connectivity index (χ3v) is 3.69. The summed E-state index contributed by atoms with van der Waals surface area (Å²) in [5, 5.41) is 0.770. The first kappa shape index (κ1) is 12.7. The van der Waals surface area contributed by atoms with E-state index in [1.54, 1.807) is 0 Å². The van der Waals surface area contributed by atoms with Crippen LogP contribution in [0.2, 0.25) is 5.02 Å². The van der Waals surface area contributed by atoms with Crippen molar-refractivity contribution in [1.82, 2.24) is 0 Å². The molecule has 0 aliphatic heterocycles. The lowest BCUT2D eigenvalue weighted by atomic mass is 10.1. The number of hydrogen-bond donors (Lipinski definition) is 0. The van der Waals surface area contributed by atoms with Crippen LogP contribution in [0.5, 0.6) is 0 Å². The van der Waals surface area contributed by atoms with Gasteiger partial charge in [-0.1, -0.05) is 46.6 Å². The van der Waals surface area contributed by atoms with Gasteiger partial charge in [-0.05, 0) is 36.2 Å². The molecule has 0 bridgehead atoms. The Balaban J connectivity index is 2.05. The van der Waals surface area contributed by atoms with Crippen LogP contribution >= 0.6 is 27.5 Å². The fourth-order valence-electron chi connectivity index (χ4n) is 1.68. The smallest absolute Gasteiger partial charge is 0.118 e. The Morgan fingerprint density at radius 1 is 1.18 bits per heavy atom. The highest BCUT2D eigenvalue weighted by molar-refractivity contribution is 9.09. The molecule has 1 aromatic carbocycles. The van der Waals surface area contributed by atoms with E-state index in [4.69, 9.17) is 16.0 Å². The van der Waals surface area contributed by atoms with Gasteiger partial charge in [0, 0.05) is 11.4 Å². The summed E-state index contributed by atoms with van der Waals surface area (Å²) in [4.78, 5) is 0.212. The molecule has 0 aliphatic rings. The van der Waals surface area contributed by atoms with Crippen LogP contribution in [0.25, 0.3) is 0 Å². The Bertz CT molecular complexity index is 475. The van der Waals surface area contributed by atoms with Gasteiger partial charge in [-0.2, -0.15) is 0 Å². The van der Waals surface area contributed by atoms with Gasteiger partial charge in [0.15, 0.2) is 0 Å². The molecule has 1 heterocycles. The summed E-state index contributed by atoms with van der Waals surface area (Å²) in [7, 11) is 0. The van der Waals surface area contributed by atoms with Gasteiger partial charge in [-0.3, -0.25) is 0 Å². The van der Waals surface area contributed by atoms with Gasteiger partial charge >= 0.3 is 0 Å². The molecule has 1 atom stereocenters. The lowest BCUT2D eigenvalue weighted by Gasteiger charge is -2.07. The standard InChI is InChI=1S/C14H14BrClO/c1-2-12-7-8-14(17-12)13(15)9-10-3-5-11(16)6-4-10/h3-8,13H,2,9H2,1H3. The van der Waals surface area contributed by atoms with Crippen molar-refractivity contribution in [3.05, 3.63) is 58.5 Å². The zero-order valence-corrected chi connectivity index (χ0v) is 12.0. The Morgan fingerprint density at radius 2 is 1.88 bits per heavy atom. The Hall–Kier alpha value is -0.730. The monoisotopic (exact) mass is 312 g/mol. The maximum absolute atomic E-state index is 5.86. The molecular formula is C14H14BrClO. The first-order valence-electron chi connectivity index (χ1n) is 5.66. The summed E-state index contributed by atoms with van der Waals surface area (Å²) >= 11 is 9.51. The molecule has 0 radical (unpaired) electrons. The normalized spacial score (nSPS) is 12.6. The first-order valence-corrected chi connectivity index (χ1v) is 6.95. The van der Waals surface area contributed by atoms with Gasteiger partial charge in [0.1, 0.15) is 11.5 Å². The van der Waals surface area contributed by atoms with Crippen LogP contribution in [0.15, 0.2) is 40.8 Å². The van der Waals surface area contributed by atoms with E-state index in [2.05, 4.69) is 22.9 Å². The van der Waals surface area contributed by atoms with Crippen molar-refractivity contribution in [2.24, 2.45) is 0 Å². The van der Waals surface area contributed by atoms with Crippen molar-refractivity contribution in [2.75, 3.05) is 0 Å². The SMILES string of the molecule is CCc1ccc(C(Br)Cc2ccc(Cl)cc2)o1. The fraction of sp³-hybridized carbons (Fsp3) is 0.286. The van der Waals surface area contributed by atoms with E-state index in [1.807, 2.05) is 36.4 Å². The minimum absolute atomic E-state index is 0.212. The van der Waals surface area contributed by atoms with Crippen molar-refractivity contribution < 1.29 is 4.42 Å². The van der Waals surface area contributed by atoms with Gasteiger partial charge < -0.3 is 4.42 Å². The summed E-state index contributed by atoms with van der Waals surface area (Å²) in [5.41, 5.74) is 1.24. The summed E-state index contributed by atoms with van der Waals surface area (Å²) in [6.45, 7) is 2.09. The van der Waals surface area contributed by atoms with Crippen LogP contribution in [0, 0.1) is 0 Å². The lowest BCUT2D eigenvalue weighted by molar-refractivity contribution is 0.467. The highest BCUT2D eigenvalue weighted by atomic mass is 79.9. The molecule has 0 saturated carbocycles. The molecule has 0 amide bonds. The molecule has 90 valence electrons. The maximum atomic E-state index is 5.86. The summed E-state index contributed by atoms with van der Waals surface area (Å²) in [6, 6.07) is 12.0. The van der Waals surface area contributed by atoms with Gasteiger partial charge in [0.05, 0.1) is 4.83 Å². The van der Waals surface area contributed by atoms with E-state index in [1.165, 1.54) is 5.56 Å².